The van der Waals surface area contributed by atoms with Crippen molar-refractivity contribution in [2.75, 3.05) is 12.0 Å². The van der Waals surface area contributed by atoms with Gasteiger partial charge in [0, 0.05) is 17.5 Å². The van der Waals surface area contributed by atoms with E-state index < -0.39 is 11.8 Å². The fraction of sp³-hybridized carbons (Fsp3) is 0.359. The molecule has 0 saturated carbocycles. The lowest BCUT2D eigenvalue weighted by Gasteiger charge is -2.46. The van der Waals surface area contributed by atoms with Crippen molar-refractivity contribution in [2.45, 2.75) is 86.0 Å². The molecule has 2 N–H and O–H groups in total. The zero-order valence-corrected chi connectivity index (χ0v) is 28.1. The molecule has 0 aliphatic carbocycles. The van der Waals surface area contributed by atoms with Gasteiger partial charge in [0.2, 0.25) is 0 Å². The van der Waals surface area contributed by atoms with E-state index in [0.717, 1.165) is 73.0 Å². The van der Waals surface area contributed by atoms with Crippen LogP contribution in [0.5, 0.6) is 17.2 Å². The number of nitrogens with zero attached hydrogens (tertiary/aromatic N) is 1. The van der Waals surface area contributed by atoms with Gasteiger partial charge in [-0.2, -0.15) is 0 Å². The first-order valence-electron chi connectivity index (χ1n) is 15.6. The standard InChI is InChI=1S/C39H46N2O4/c1-24-19-20-31(30-17-13-14-18-32(30)43-9)33(38(5,6)7)34(24)41(37(40)42)39(8)22-21-29-27(4)35(25(2)26(3)36(29)45-39)44-23-28-15-11-10-12-16-28/h10-20H,21-23H2,1-9H3,(H2,40,42). The van der Waals surface area contributed by atoms with Gasteiger partial charge in [-0.05, 0) is 91.5 Å². The summed E-state index contributed by atoms with van der Waals surface area (Å²) in [5.41, 5.74) is 15.0. The number of para-hydroxylation sites is 1. The Labute approximate surface area is 268 Å². The van der Waals surface area contributed by atoms with Gasteiger partial charge in [-0.3, -0.25) is 4.90 Å². The Morgan fingerprint density at radius 3 is 2.22 bits per heavy atom. The van der Waals surface area contributed by atoms with Crippen LogP contribution in [0.15, 0.2) is 66.7 Å². The number of hydrogen-bond donors (Lipinski definition) is 1. The van der Waals surface area contributed by atoms with Gasteiger partial charge in [0.05, 0.1) is 12.8 Å². The topological polar surface area (TPSA) is 74.0 Å². The summed E-state index contributed by atoms with van der Waals surface area (Å²) in [5, 5.41) is 0. The third-order valence-corrected chi connectivity index (χ3v) is 9.14. The summed E-state index contributed by atoms with van der Waals surface area (Å²) in [5.74, 6) is 2.46. The van der Waals surface area contributed by atoms with Crippen molar-refractivity contribution < 1.29 is 19.0 Å². The third kappa shape index (κ3) is 5.86. The van der Waals surface area contributed by atoms with E-state index in [1.807, 2.05) is 50.2 Å². The molecule has 1 heterocycles. The summed E-state index contributed by atoms with van der Waals surface area (Å²) in [6.07, 6.45) is 1.27. The van der Waals surface area contributed by atoms with Gasteiger partial charge in [-0.15, -0.1) is 0 Å². The van der Waals surface area contributed by atoms with E-state index in [0.29, 0.717) is 19.4 Å². The molecule has 45 heavy (non-hydrogen) atoms. The second-order valence-electron chi connectivity index (χ2n) is 13.3. The van der Waals surface area contributed by atoms with Crippen molar-refractivity contribution in [3.05, 3.63) is 106 Å². The number of urea groups is 1. The van der Waals surface area contributed by atoms with Crippen LogP contribution in [0.2, 0.25) is 0 Å². The van der Waals surface area contributed by atoms with E-state index in [9.17, 15) is 4.79 Å². The van der Waals surface area contributed by atoms with Gasteiger partial charge in [-0.25, -0.2) is 4.79 Å². The monoisotopic (exact) mass is 606 g/mol. The lowest BCUT2D eigenvalue weighted by Crippen LogP contribution is -2.58. The summed E-state index contributed by atoms with van der Waals surface area (Å²) < 4.78 is 19.1. The average Bonchev–Trinajstić information content (AvgIpc) is 3.00. The summed E-state index contributed by atoms with van der Waals surface area (Å²) in [4.78, 5) is 15.3. The van der Waals surface area contributed by atoms with Crippen LogP contribution in [-0.2, 0) is 18.4 Å². The number of nitrogens with two attached hydrogens (primary N) is 1. The molecule has 236 valence electrons. The van der Waals surface area contributed by atoms with Gasteiger partial charge in [0.15, 0.2) is 5.72 Å². The Morgan fingerprint density at radius 1 is 0.911 bits per heavy atom. The lowest BCUT2D eigenvalue weighted by molar-refractivity contribution is 0.0664. The quantitative estimate of drug-likeness (QED) is 0.228. The molecule has 0 aromatic heterocycles. The molecule has 0 spiro atoms. The molecule has 6 nitrogen and oxygen atoms in total. The third-order valence-electron chi connectivity index (χ3n) is 9.14. The fourth-order valence-corrected chi connectivity index (χ4v) is 6.74. The molecule has 4 aromatic rings. The molecule has 0 radical (unpaired) electrons. The van der Waals surface area contributed by atoms with E-state index in [-0.39, 0.29) is 5.41 Å². The Kier molecular flexibility index (Phi) is 8.63. The first kappa shape index (κ1) is 32.0. The van der Waals surface area contributed by atoms with Crippen molar-refractivity contribution in [1.82, 2.24) is 0 Å². The number of ether oxygens (including phenoxy) is 3. The van der Waals surface area contributed by atoms with Crippen LogP contribution < -0.4 is 24.8 Å². The molecule has 1 aliphatic heterocycles. The van der Waals surface area contributed by atoms with E-state index >= 15 is 0 Å². The van der Waals surface area contributed by atoms with Crippen molar-refractivity contribution in [3.63, 3.8) is 0 Å². The van der Waals surface area contributed by atoms with Crippen LogP contribution in [0.25, 0.3) is 11.1 Å². The average molecular weight is 607 g/mol. The van der Waals surface area contributed by atoms with Crippen LogP contribution in [0.1, 0.15) is 73.1 Å². The van der Waals surface area contributed by atoms with E-state index in [1.54, 1.807) is 12.0 Å². The predicted octanol–water partition coefficient (Wildman–Crippen LogP) is 9.10. The molecule has 2 amide bonds. The minimum absolute atomic E-state index is 0.345. The van der Waals surface area contributed by atoms with Gasteiger partial charge < -0.3 is 19.9 Å². The van der Waals surface area contributed by atoms with Crippen LogP contribution in [0.3, 0.4) is 0 Å². The molecule has 0 saturated heterocycles. The minimum atomic E-state index is -1.03. The number of benzene rings is 4. The van der Waals surface area contributed by atoms with E-state index in [1.165, 1.54) is 0 Å². The number of fused-ring (bicyclic) bond motifs is 1. The van der Waals surface area contributed by atoms with Crippen LogP contribution in [-0.4, -0.2) is 18.9 Å². The molecule has 0 bridgehead atoms. The SMILES string of the molecule is COc1ccccc1-c1ccc(C)c(N(C(N)=O)C2(C)CCc3c(C)c(OCc4ccccc4)c(C)c(C)c3O2)c1C(C)(C)C. The number of methoxy groups -OCH3 is 1. The van der Waals surface area contributed by atoms with Crippen LogP contribution >= 0.6 is 0 Å². The highest BCUT2D eigenvalue weighted by Gasteiger charge is 2.45. The number of rotatable bonds is 7. The lowest BCUT2D eigenvalue weighted by atomic mass is 9.78. The summed E-state index contributed by atoms with van der Waals surface area (Å²) in [7, 11) is 1.68. The van der Waals surface area contributed by atoms with Gasteiger partial charge >= 0.3 is 6.03 Å². The Bertz CT molecular complexity index is 1740. The molecule has 1 atom stereocenters. The van der Waals surface area contributed by atoms with Gasteiger partial charge in [-0.1, -0.05) is 81.4 Å². The van der Waals surface area contributed by atoms with Crippen molar-refractivity contribution >= 4 is 11.7 Å². The van der Waals surface area contributed by atoms with Crippen molar-refractivity contribution in [1.29, 1.82) is 0 Å². The highest BCUT2D eigenvalue weighted by Crippen LogP contribution is 2.49. The number of amides is 2. The molecular weight excluding hydrogens is 560 g/mol. The Hall–Kier alpha value is -4.45. The maximum Gasteiger partial charge on any atom is 0.322 e. The number of aryl methyl sites for hydroxylation is 1. The smallest absolute Gasteiger partial charge is 0.322 e. The highest BCUT2D eigenvalue weighted by atomic mass is 16.5. The molecule has 4 aromatic carbocycles. The molecule has 0 fully saturated rings. The largest absolute Gasteiger partial charge is 0.496 e. The highest BCUT2D eigenvalue weighted by molar-refractivity contribution is 5.96. The fourth-order valence-electron chi connectivity index (χ4n) is 6.74. The van der Waals surface area contributed by atoms with Gasteiger partial charge in [0.1, 0.15) is 23.9 Å². The summed E-state index contributed by atoms with van der Waals surface area (Å²) in [6, 6.07) is 21.8. The number of primary amides is 1. The number of carbonyl (C=O) groups excluding carboxylic acids is 1. The second-order valence-corrected chi connectivity index (χ2v) is 13.3. The first-order valence-corrected chi connectivity index (χ1v) is 15.6. The van der Waals surface area contributed by atoms with E-state index in [2.05, 4.69) is 71.9 Å². The number of carbonyl (C=O) groups is 1. The maximum absolute atomic E-state index is 13.6. The zero-order valence-electron chi connectivity index (χ0n) is 28.1. The zero-order chi connectivity index (χ0) is 32.7. The second kappa shape index (κ2) is 12.2. The Balaban J connectivity index is 1.63. The van der Waals surface area contributed by atoms with Crippen LogP contribution in [0.4, 0.5) is 10.5 Å². The Morgan fingerprint density at radius 2 is 1.58 bits per heavy atom. The van der Waals surface area contributed by atoms with Gasteiger partial charge in [0.25, 0.3) is 0 Å². The molecule has 5 rings (SSSR count). The summed E-state index contributed by atoms with van der Waals surface area (Å²) >= 11 is 0. The molecule has 1 unspecified atom stereocenters. The van der Waals surface area contributed by atoms with E-state index in [4.69, 9.17) is 19.9 Å². The number of hydrogen-bond acceptors (Lipinski definition) is 4. The van der Waals surface area contributed by atoms with Crippen LogP contribution in [0, 0.1) is 27.7 Å². The van der Waals surface area contributed by atoms with Crippen molar-refractivity contribution in [2.24, 2.45) is 5.73 Å². The molecular formula is C39H46N2O4. The first-order chi connectivity index (χ1) is 21.3. The minimum Gasteiger partial charge on any atom is -0.496 e. The normalized spacial score (nSPS) is 16.0. The number of anilines is 1. The predicted molar refractivity (Wildman–Crippen MR) is 183 cm³/mol. The molecule has 1 aliphatic rings. The van der Waals surface area contributed by atoms with Crippen molar-refractivity contribution in [3.8, 4) is 28.4 Å². The maximum atomic E-state index is 13.6. The molecule has 6 heteroatoms. The summed E-state index contributed by atoms with van der Waals surface area (Å²) in [6.45, 7) is 17.2.